The van der Waals surface area contributed by atoms with Crippen molar-refractivity contribution in [2.75, 3.05) is 24.3 Å². The minimum atomic E-state index is -1.14. The fourth-order valence-corrected chi connectivity index (χ4v) is 2.98. The Labute approximate surface area is 156 Å². The van der Waals surface area contributed by atoms with Crippen LogP contribution < -0.4 is 10.2 Å². The molecule has 8 heteroatoms. The molecule has 0 saturated heterocycles. The number of nitrogens with one attached hydrogen (secondary N) is 1. The summed E-state index contributed by atoms with van der Waals surface area (Å²) in [4.78, 5) is 26.3. The molecule has 0 atom stereocenters. The summed E-state index contributed by atoms with van der Waals surface area (Å²) in [5, 5.41) is 13.4. The number of pyridine rings is 1. The lowest BCUT2D eigenvalue weighted by Crippen LogP contribution is -2.10. The average Bonchev–Trinajstić information content (AvgIpc) is 2.57. The minimum absolute atomic E-state index is 0.129. The number of aryl methyl sites for hydroxylation is 2. The van der Waals surface area contributed by atoms with Gasteiger partial charge in [-0.25, -0.2) is 14.8 Å². The van der Waals surface area contributed by atoms with Gasteiger partial charge in [-0.15, -0.1) is 12.6 Å². The number of hydrogen-bond donors (Lipinski definition) is 3. The molecule has 3 aromatic rings. The SMILES string of the molecule is Cc1cc(N(C)C)c2cc(Nc3nc(C)nc(C(=O)O)c3S)ccc2n1. The van der Waals surface area contributed by atoms with E-state index in [9.17, 15) is 9.90 Å². The van der Waals surface area contributed by atoms with Gasteiger partial charge in [0, 0.05) is 36.6 Å². The molecule has 2 aromatic heterocycles. The van der Waals surface area contributed by atoms with Gasteiger partial charge in [-0.3, -0.25) is 4.98 Å². The average molecular weight is 369 g/mol. The van der Waals surface area contributed by atoms with E-state index in [1.165, 1.54) is 0 Å². The molecule has 0 aliphatic carbocycles. The number of thiol groups is 1. The summed E-state index contributed by atoms with van der Waals surface area (Å²) in [7, 11) is 3.96. The van der Waals surface area contributed by atoms with E-state index < -0.39 is 5.97 Å². The van der Waals surface area contributed by atoms with Crippen LogP contribution in [0, 0.1) is 13.8 Å². The number of nitrogens with zero attached hydrogens (tertiary/aromatic N) is 4. The molecule has 1 aromatic carbocycles. The van der Waals surface area contributed by atoms with E-state index in [-0.39, 0.29) is 10.6 Å². The lowest BCUT2D eigenvalue weighted by molar-refractivity contribution is 0.0686. The second-order valence-corrected chi connectivity index (χ2v) is 6.60. The Kier molecular flexibility index (Phi) is 4.69. The lowest BCUT2D eigenvalue weighted by atomic mass is 10.1. The lowest BCUT2D eigenvalue weighted by Gasteiger charge is -2.17. The van der Waals surface area contributed by atoms with Gasteiger partial charge in [0.1, 0.15) is 11.6 Å². The Bertz CT molecular complexity index is 1020. The van der Waals surface area contributed by atoms with Crippen molar-refractivity contribution in [1.82, 2.24) is 15.0 Å². The first-order chi connectivity index (χ1) is 12.3. The Morgan fingerprint density at radius 1 is 1.15 bits per heavy atom. The topological polar surface area (TPSA) is 91.2 Å². The third kappa shape index (κ3) is 3.41. The maximum atomic E-state index is 11.3. The van der Waals surface area contributed by atoms with Crippen LogP contribution in [0.3, 0.4) is 0 Å². The van der Waals surface area contributed by atoms with E-state index >= 15 is 0 Å². The molecule has 0 spiro atoms. The highest BCUT2D eigenvalue weighted by molar-refractivity contribution is 7.80. The van der Waals surface area contributed by atoms with Gasteiger partial charge in [0.25, 0.3) is 0 Å². The van der Waals surface area contributed by atoms with Crippen molar-refractivity contribution >= 4 is 46.7 Å². The third-order valence-electron chi connectivity index (χ3n) is 3.86. The molecule has 0 aliphatic heterocycles. The molecule has 0 fully saturated rings. The van der Waals surface area contributed by atoms with Crippen LogP contribution in [0.25, 0.3) is 10.9 Å². The fraction of sp³-hybridized carbons (Fsp3) is 0.222. The molecule has 0 unspecified atom stereocenters. The van der Waals surface area contributed by atoms with Gasteiger partial charge in [-0.2, -0.15) is 0 Å². The van der Waals surface area contributed by atoms with E-state index in [0.717, 1.165) is 28.0 Å². The van der Waals surface area contributed by atoms with Crippen molar-refractivity contribution in [3.63, 3.8) is 0 Å². The van der Waals surface area contributed by atoms with Gasteiger partial charge >= 0.3 is 5.97 Å². The number of aromatic nitrogens is 3. The predicted octanol–water partition coefficient (Wildman–Crippen LogP) is 3.44. The van der Waals surface area contributed by atoms with Crippen LogP contribution in [0.2, 0.25) is 0 Å². The predicted molar refractivity (Wildman–Crippen MR) is 105 cm³/mol. The highest BCUT2D eigenvalue weighted by atomic mass is 32.1. The number of aromatic carboxylic acids is 1. The third-order valence-corrected chi connectivity index (χ3v) is 4.28. The highest BCUT2D eigenvalue weighted by Gasteiger charge is 2.16. The number of fused-ring (bicyclic) bond motifs is 1. The van der Waals surface area contributed by atoms with Crippen LogP contribution in [0.5, 0.6) is 0 Å². The van der Waals surface area contributed by atoms with E-state index in [2.05, 4.69) is 32.9 Å². The summed E-state index contributed by atoms with van der Waals surface area (Å²) >= 11 is 4.28. The zero-order valence-corrected chi connectivity index (χ0v) is 15.8. The maximum Gasteiger partial charge on any atom is 0.355 e. The van der Waals surface area contributed by atoms with E-state index in [1.807, 2.05) is 50.2 Å². The Morgan fingerprint density at radius 3 is 2.54 bits per heavy atom. The number of carboxylic acids is 1. The van der Waals surface area contributed by atoms with Crippen molar-refractivity contribution in [3.05, 3.63) is 41.5 Å². The van der Waals surface area contributed by atoms with Crippen LogP contribution in [0.4, 0.5) is 17.2 Å². The molecule has 0 aliphatic rings. The number of anilines is 3. The number of benzene rings is 1. The molecule has 134 valence electrons. The standard InChI is InChI=1S/C18H19N5O2S/c1-9-7-14(23(3)4)12-8-11(5-6-13(12)19-9)22-17-16(26)15(18(24)25)20-10(2)21-17/h5-8,26H,1-4H3,(H,24,25)(H,20,21,22). The highest BCUT2D eigenvalue weighted by Crippen LogP contribution is 2.30. The first kappa shape index (κ1) is 17.9. The minimum Gasteiger partial charge on any atom is -0.476 e. The van der Waals surface area contributed by atoms with E-state index in [4.69, 9.17) is 0 Å². The van der Waals surface area contributed by atoms with Crippen LogP contribution >= 0.6 is 12.6 Å². The molecule has 0 bridgehead atoms. The molecule has 0 saturated carbocycles. The summed E-state index contributed by atoms with van der Waals surface area (Å²) in [6.07, 6.45) is 0. The maximum absolute atomic E-state index is 11.3. The largest absolute Gasteiger partial charge is 0.476 e. The monoisotopic (exact) mass is 369 g/mol. The van der Waals surface area contributed by atoms with Crippen molar-refractivity contribution in [3.8, 4) is 0 Å². The first-order valence-corrected chi connectivity index (χ1v) is 8.37. The van der Waals surface area contributed by atoms with Crippen LogP contribution in [-0.4, -0.2) is 40.1 Å². The van der Waals surface area contributed by atoms with Crippen molar-refractivity contribution in [2.24, 2.45) is 0 Å². The van der Waals surface area contributed by atoms with Gasteiger partial charge in [0.05, 0.1) is 10.4 Å². The van der Waals surface area contributed by atoms with Crippen LogP contribution in [0.15, 0.2) is 29.2 Å². The fourth-order valence-electron chi connectivity index (χ4n) is 2.72. The van der Waals surface area contributed by atoms with Crippen LogP contribution in [0.1, 0.15) is 22.0 Å². The first-order valence-electron chi connectivity index (χ1n) is 7.93. The summed E-state index contributed by atoms with van der Waals surface area (Å²) in [5.74, 6) is -0.435. The van der Waals surface area contributed by atoms with Crippen LogP contribution in [-0.2, 0) is 0 Å². The second kappa shape index (κ2) is 6.80. The molecule has 2 heterocycles. The zero-order valence-electron chi connectivity index (χ0n) is 14.9. The molecule has 2 N–H and O–H groups in total. The summed E-state index contributed by atoms with van der Waals surface area (Å²) < 4.78 is 0. The van der Waals surface area contributed by atoms with Gasteiger partial charge in [0.15, 0.2) is 5.69 Å². The van der Waals surface area contributed by atoms with Gasteiger partial charge in [0.2, 0.25) is 0 Å². The van der Waals surface area contributed by atoms with Crippen molar-refractivity contribution in [2.45, 2.75) is 18.7 Å². The number of hydrogen-bond acceptors (Lipinski definition) is 7. The van der Waals surface area contributed by atoms with E-state index in [1.54, 1.807) is 6.92 Å². The molecule has 26 heavy (non-hydrogen) atoms. The molecule has 7 nitrogen and oxygen atoms in total. The van der Waals surface area contributed by atoms with E-state index in [0.29, 0.717) is 11.6 Å². The van der Waals surface area contributed by atoms with Gasteiger partial charge in [-0.1, -0.05) is 0 Å². The number of carbonyl (C=O) groups is 1. The Hall–Kier alpha value is -2.87. The summed E-state index contributed by atoms with van der Waals surface area (Å²) in [5.41, 5.74) is 3.51. The van der Waals surface area contributed by atoms with Gasteiger partial charge < -0.3 is 15.3 Å². The van der Waals surface area contributed by atoms with Crippen molar-refractivity contribution < 1.29 is 9.90 Å². The summed E-state index contributed by atoms with van der Waals surface area (Å²) in [6, 6.07) is 7.77. The normalized spacial score (nSPS) is 10.8. The van der Waals surface area contributed by atoms with Crippen molar-refractivity contribution in [1.29, 1.82) is 0 Å². The number of rotatable bonds is 4. The Balaban J connectivity index is 2.09. The molecular weight excluding hydrogens is 350 g/mol. The quantitative estimate of drug-likeness (QED) is 0.607. The summed E-state index contributed by atoms with van der Waals surface area (Å²) in [6.45, 7) is 3.60. The molecule has 0 radical (unpaired) electrons. The zero-order chi connectivity index (χ0) is 19.0. The second-order valence-electron chi connectivity index (χ2n) is 6.16. The number of carboxylic acid groups (broad SMARTS) is 1. The van der Waals surface area contributed by atoms with Gasteiger partial charge in [-0.05, 0) is 38.1 Å². The Morgan fingerprint density at radius 2 is 1.88 bits per heavy atom. The molecular formula is C18H19N5O2S. The molecule has 3 rings (SSSR count). The smallest absolute Gasteiger partial charge is 0.355 e. The molecule has 0 amide bonds.